The minimum absolute atomic E-state index is 0.0534. The van der Waals surface area contributed by atoms with E-state index in [0.717, 1.165) is 6.42 Å². The van der Waals surface area contributed by atoms with Gasteiger partial charge in [0.25, 0.3) is 0 Å². The minimum Gasteiger partial charge on any atom is -0.321 e. The van der Waals surface area contributed by atoms with Crippen LogP contribution in [0.15, 0.2) is 0 Å². The molecule has 0 spiro atoms. The molecule has 3 rings (SSSR count). The molecule has 3 heterocycles. The second-order valence-electron chi connectivity index (χ2n) is 6.00. The summed E-state index contributed by atoms with van der Waals surface area (Å²) in [5.74, 6) is 0.336. The molecule has 0 radical (unpaired) electrons. The van der Waals surface area contributed by atoms with Crippen LogP contribution in [0.3, 0.4) is 0 Å². The van der Waals surface area contributed by atoms with Crippen LogP contribution < -0.4 is 5.32 Å². The number of amides is 1. The average Bonchev–Trinajstić information content (AvgIpc) is 2.91. The first-order valence-electron chi connectivity index (χ1n) is 7.54. The van der Waals surface area contributed by atoms with Crippen LogP contribution in [-0.2, 0) is 4.79 Å². The molecule has 1 amide bonds. The number of carbonyl (C=O) groups is 1. The highest BCUT2D eigenvalue weighted by Gasteiger charge is 2.46. The maximum Gasteiger partial charge on any atom is 0.241 e. The van der Waals surface area contributed by atoms with Crippen molar-refractivity contribution in [2.24, 2.45) is 0 Å². The van der Waals surface area contributed by atoms with E-state index >= 15 is 0 Å². The van der Waals surface area contributed by atoms with Gasteiger partial charge >= 0.3 is 0 Å². The highest BCUT2D eigenvalue weighted by molar-refractivity contribution is 5.84. The van der Waals surface area contributed by atoms with E-state index in [4.69, 9.17) is 0 Å². The Morgan fingerprint density at radius 1 is 1.22 bits per heavy atom. The number of nitrogens with zero attached hydrogens (tertiary/aromatic N) is 2. The molecule has 4 nitrogen and oxygen atoms in total. The molecule has 0 aromatic heterocycles. The molecule has 3 fully saturated rings. The third-order valence-corrected chi connectivity index (χ3v) is 5.00. The van der Waals surface area contributed by atoms with E-state index in [2.05, 4.69) is 29.0 Å². The van der Waals surface area contributed by atoms with E-state index < -0.39 is 0 Å². The van der Waals surface area contributed by atoms with E-state index in [-0.39, 0.29) is 12.2 Å². The van der Waals surface area contributed by atoms with Gasteiger partial charge < -0.3 is 4.90 Å². The molecule has 0 saturated carbocycles. The molecule has 18 heavy (non-hydrogen) atoms. The molecule has 4 unspecified atom stereocenters. The van der Waals surface area contributed by atoms with Gasteiger partial charge in [0, 0.05) is 12.6 Å². The lowest BCUT2D eigenvalue weighted by atomic mass is 9.97. The van der Waals surface area contributed by atoms with Crippen molar-refractivity contribution in [2.45, 2.75) is 70.2 Å². The topological polar surface area (TPSA) is 35.6 Å². The van der Waals surface area contributed by atoms with Crippen LogP contribution in [-0.4, -0.2) is 53.1 Å². The largest absolute Gasteiger partial charge is 0.321 e. The number of rotatable bonds is 2. The normalized spacial score (nSPS) is 41.4. The van der Waals surface area contributed by atoms with Crippen LogP contribution >= 0.6 is 0 Å². The Morgan fingerprint density at radius 3 is 2.78 bits per heavy atom. The zero-order valence-electron chi connectivity index (χ0n) is 11.6. The van der Waals surface area contributed by atoms with E-state index in [1.165, 1.54) is 38.8 Å². The van der Waals surface area contributed by atoms with Crippen molar-refractivity contribution in [1.29, 1.82) is 0 Å². The SMILES string of the molecule is CCC1NC(C)N(C2CCN3CCCCC23)C1=O. The molecule has 1 N–H and O–H groups in total. The van der Waals surface area contributed by atoms with E-state index in [9.17, 15) is 4.79 Å². The third kappa shape index (κ3) is 1.86. The first-order valence-corrected chi connectivity index (χ1v) is 7.54. The summed E-state index contributed by atoms with van der Waals surface area (Å²) < 4.78 is 0. The van der Waals surface area contributed by atoms with Gasteiger partial charge in [0.15, 0.2) is 0 Å². The summed E-state index contributed by atoms with van der Waals surface area (Å²) in [4.78, 5) is 17.2. The lowest BCUT2D eigenvalue weighted by molar-refractivity contribution is -0.132. The van der Waals surface area contributed by atoms with Crippen LogP contribution in [0.2, 0.25) is 0 Å². The van der Waals surface area contributed by atoms with Gasteiger partial charge in [0.2, 0.25) is 5.91 Å². The summed E-state index contributed by atoms with van der Waals surface area (Å²) in [6, 6.07) is 1.14. The molecule has 0 aromatic rings. The van der Waals surface area contributed by atoms with Crippen molar-refractivity contribution in [1.82, 2.24) is 15.1 Å². The van der Waals surface area contributed by atoms with Gasteiger partial charge in [-0.05, 0) is 39.2 Å². The number of hydrogen-bond donors (Lipinski definition) is 1. The van der Waals surface area contributed by atoms with Gasteiger partial charge in [-0.1, -0.05) is 13.3 Å². The molecule has 4 heteroatoms. The van der Waals surface area contributed by atoms with Crippen LogP contribution in [0.4, 0.5) is 0 Å². The highest BCUT2D eigenvalue weighted by atomic mass is 16.2. The zero-order valence-corrected chi connectivity index (χ0v) is 11.6. The van der Waals surface area contributed by atoms with Gasteiger partial charge in [-0.15, -0.1) is 0 Å². The van der Waals surface area contributed by atoms with Gasteiger partial charge in [-0.3, -0.25) is 15.0 Å². The van der Waals surface area contributed by atoms with Crippen LogP contribution in [0.25, 0.3) is 0 Å². The third-order valence-electron chi connectivity index (χ3n) is 5.00. The summed E-state index contributed by atoms with van der Waals surface area (Å²) in [6.07, 6.45) is 6.23. The Kier molecular flexibility index (Phi) is 3.32. The van der Waals surface area contributed by atoms with E-state index in [1.807, 2.05) is 0 Å². The van der Waals surface area contributed by atoms with Crippen LogP contribution in [0, 0.1) is 0 Å². The van der Waals surface area contributed by atoms with Crippen LogP contribution in [0.1, 0.15) is 46.0 Å². The first-order chi connectivity index (χ1) is 8.72. The average molecular weight is 251 g/mol. The first kappa shape index (κ1) is 12.4. The van der Waals surface area contributed by atoms with Gasteiger partial charge in [0.1, 0.15) is 0 Å². The number of nitrogens with one attached hydrogen (secondary N) is 1. The highest BCUT2D eigenvalue weighted by Crippen LogP contribution is 2.33. The molecule has 3 aliphatic rings. The van der Waals surface area contributed by atoms with Crippen molar-refractivity contribution >= 4 is 5.91 Å². The lowest BCUT2D eigenvalue weighted by Crippen LogP contribution is -2.50. The zero-order chi connectivity index (χ0) is 12.7. The Hall–Kier alpha value is -0.610. The summed E-state index contributed by atoms with van der Waals surface area (Å²) in [6.45, 7) is 6.65. The molecule has 3 aliphatic heterocycles. The Balaban J connectivity index is 1.76. The van der Waals surface area contributed by atoms with Crippen molar-refractivity contribution in [3.8, 4) is 0 Å². The number of piperidine rings is 1. The summed E-state index contributed by atoms with van der Waals surface area (Å²) >= 11 is 0. The van der Waals surface area contributed by atoms with E-state index in [1.54, 1.807) is 0 Å². The molecule has 4 atom stereocenters. The Morgan fingerprint density at radius 2 is 2.06 bits per heavy atom. The standard InChI is InChI=1S/C14H25N3O/c1-3-11-14(18)17(10(2)15-11)13-7-9-16-8-5-4-6-12(13)16/h10-13,15H,3-9H2,1-2H3. The van der Waals surface area contributed by atoms with Gasteiger partial charge in [-0.2, -0.15) is 0 Å². The van der Waals surface area contributed by atoms with Crippen molar-refractivity contribution < 1.29 is 4.79 Å². The maximum absolute atomic E-state index is 12.5. The number of carbonyl (C=O) groups excluding carboxylic acids is 1. The van der Waals surface area contributed by atoms with Crippen molar-refractivity contribution in [2.75, 3.05) is 13.1 Å². The second-order valence-corrected chi connectivity index (χ2v) is 6.00. The molecular weight excluding hydrogens is 226 g/mol. The second kappa shape index (κ2) is 4.82. The molecular formula is C14H25N3O. The molecule has 0 bridgehead atoms. The number of fused-ring (bicyclic) bond motifs is 1. The maximum atomic E-state index is 12.5. The number of hydrogen-bond acceptors (Lipinski definition) is 3. The fraction of sp³-hybridized carbons (Fsp3) is 0.929. The van der Waals surface area contributed by atoms with Gasteiger partial charge in [-0.25, -0.2) is 0 Å². The quantitative estimate of drug-likeness (QED) is 0.800. The van der Waals surface area contributed by atoms with Crippen molar-refractivity contribution in [3.05, 3.63) is 0 Å². The predicted octanol–water partition coefficient (Wildman–Crippen LogP) is 1.17. The fourth-order valence-electron chi connectivity index (χ4n) is 4.10. The minimum atomic E-state index is 0.0534. The predicted molar refractivity (Wildman–Crippen MR) is 71.1 cm³/mol. The summed E-state index contributed by atoms with van der Waals surface area (Å²) in [5.41, 5.74) is 0. The molecule has 102 valence electrons. The Bertz CT molecular complexity index is 333. The summed E-state index contributed by atoms with van der Waals surface area (Å²) in [7, 11) is 0. The Labute approximate surface area is 110 Å². The smallest absolute Gasteiger partial charge is 0.241 e. The monoisotopic (exact) mass is 251 g/mol. The van der Waals surface area contributed by atoms with E-state index in [0.29, 0.717) is 18.0 Å². The van der Waals surface area contributed by atoms with Crippen LogP contribution in [0.5, 0.6) is 0 Å². The molecule has 3 saturated heterocycles. The lowest BCUT2D eigenvalue weighted by Gasteiger charge is -2.37. The van der Waals surface area contributed by atoms with Crippen molar-refractivity contribution in [3.63, 3.8) is 0 Å². The molecule has 0 aromatic carbocycles. The summed E-state index contributed by atoms with van der Waals surface area (Å²) in [5, 5.41) is 3.43. The fourth-order valence-corrected chi connectivity index (χ4v) is 4.10. The van der Waals surface area contributed by atoms with Gasteiger partial charge in [0.05, 0.1) is 18.2 Å². The molecule has 0 aliphatic carbocycles.